The number of aryl methyl sites for hydroxylation is 1. The van der Waals surface area contributed by atoms with Gasteiger partial charge in [0.2, 0.25) is 5.91 Å². The number of amides is 1. The third-order valence-electron chi connectivity index (χ3n) is 5.21. The minimum absolute atomic E-state index is 0.0432. The van der Waals surface area contributed by atoms with Crippen molar-refractivity contribution in [2.75, 3.05) is 5.32 Å². The Kier molecular flexibility index (Phi) is 5.36. The number of anilines is 1. The fourth-order valence-corrected chi connectivity index (χ4v) is 3.85. The molecule has 0 aliphatic heterocycles. The van der Waals surface area contributed by atoms with Gasteiger partial charge in [0.15, 0.2) is 5.43 Å². The second-order valence-corrected chi connectivity index (χ2v) is 7.49. The summed E-state index contributed by atoms with van der Waals surface area (Å²) < 4.78 is 2.13. The van der Waals surface area contributed by atoms with Crippen LogP contribution in [-0.4, -0.2) is 10.5 Å². The van der Waals surface area contributed by atoms with Gasteiger partial charge in [0, 0.05) is 34.4 Å². The summed E-state index contributed by atoms with van der Waals surface area (Å²) in [6.07, 6.45) is 1.03. The van der Waals surface area contributed by atoms with E-state index in [1.807, 2.05) is 67.6 Å². The van der Waals surface area contributed by atoms with Crippen LogP contribution in [0.25, 0.3) is 21.8 Å². The fraction of sp³-hybridized carbons (Fsp3) is 0.167. The van der Waals surface area contributed by atoms with Crippen LogP contribution in [0.5, 0.6) is 0 Å². The molecule has 1 aromatic heterocycles. The van der Waals surface area contributed by atoms with E-state index in [1.54, 1.807) is 6.07 Å². The summed E-state index contributed by atoms with van der Waals surface area (Å²) in [5, 5.41) is 4.97. The summed E-state index contributed by atoms with van der Waals surface area (Å²) in [4.78, 5) is 25.2. The van der Waals surface area contributed by atoms with E-state index in [1.165, 1.54) is 0 Å². The maximum Gasteiger partial charge on any atom is 0.224 e. The van der Waals surface area contributed by atoms with Crippen LogP contribution in [0, 0.1) is 6.92 Å². The SMILES string of the molecule is Cc1c(Cl)cccc1NC(=O)CCCn1c2ccccc2c(=O)c2ccccc21. The van der Waals surface area contributed by atoms with Crippen LogP contribution < -0.4 is 10.7 Å². The second-order valence-electron chi connectivity index (χ2n) is 7.08. The van der Waals surface area contributed by atoms with Gasteiger partial charge in [-0.2, -0.15) is 0 Å². The molecule has 0 fully saturated rings. The van der Waals surface area contributed by atoms with Gasteiger partial charge in [-0.3, -0.25) is 9.59 Å². The number of nitrogens with zero attached hydrogens (tertiary/aromatic N) is 1. The molecule has 5 heteroatoms. The molecule has 0 aliphatic carbocycles. The van der Waals surface area contributed by atoms with Gasteiger partial charge in [-0.15, -0.1) is 0 Å². The molecule has 0 saturated carbocycles. The highest BCUT2D eigenvalue weighted by Gasteiger charge is 2.11. The van der Waals surface area contributed by atoms with Crippen molar-refractivity contribution in [2.45, 2.75) is 26.3 Å². The Balaban J connectivity index is 1.57. The summed E-state index contributed by atoms with van der Waals surface area (Å²) in [6.45, 7) is 2.53. The van der Waals surface area contributed by atoms with Gasteiger partial charge in [0.1, 0.15) is 0 Å². The number of carbonyl (C=O) groups excluding carboxylic acids is 1. The van der Waals surface area contributed by atoms with Gasteiger partial charge in [0.05, 0.1) is 11.0 Å². The normalized spacial score (nSPS) is 11.1. The first-order chi connectivity index (χ1) is 14.1. The van der Waals surface area contributed by atoms with E-state index in [-0.39, 0.29) is 11.3 Å². The van der Waals surface area contributed by atoms with Crippen molar-refractivity contribution >= 4 is 45.0 Å². The van der Waals surface area contributed by atoms with Crippen LogP contribution in [0.3, 0.4) is 0 Å². The molecule has 0 spiro atoms. The molecule has 1 N–H and O–H groups in total. The van der Waals surface area contributed by atoms with Crippen molar-refractivity contribution in [2.24, 2.45) is 0 Å². The Morgan fingerprint density at radius 2 is 1.55 bits per heavy atom. The van der Waals surface area contributed by atoms with Gasteiger partial charge in [-0.1, -0.05) is 41.9 Å². The molecule has 29 heavy (non-hydrogen) atoms. The number of halogens is 1. The Bertz CT molecular complexity index is 1220. The van der Waals surface area contributed by atoms with Gasteiger partial charge < -0.3 is 9.88 Å². The molecule has 0 atom stereocenters. The minimum atomic E-state index is -0.0509. The van der Waals surface area contributed by atoms with Crippen LogP contribution in [0.2, 0.25) is 5.02 Å². The molecule has 146 valence electrons. The fourth-order valence-electron chi connectivity index (χ4n) is 3.67. The lowest BCUT2D eigenvalue weighted by Crippen LogP contribution is -2.15. The zero-order valence-electron chi connectivity index (χ0n) is 16.1. The number of rotatable bonds is 5. The molecule has 0 radical (unpaired) electrons. The molecular formula is C24H21ClN2O2. The molecule has 0 saturated heterocycles. The molecule has 0 bridgehead atoms. The van der Waals surface area contributed by atoms with Gasteiger partial charge in [-0.25, -0.2) is 0 Å². The predicted octanol–water partition coefficient (Wildman–Crippen LogP) is 5.54. The number of hydrogen-bond acceptors (Lipinski definition) is 2. The molecular weight excluding hydrogens is 384 g/mol. The van der Waals surface area contributed by atoms with E-state index in [0.717, 1.165) is 22.3 Å². The van der Waals surface area contributed by atoms with E-state index in [0.29, 0.717) is 35.2 Å². The van der Waals surface area contributed by atoms with Crippen LogP contribution >= 0.6 is 11.6 Å². The monoisotopic (exact) mass is 404 g/mol. The highest BCUT2D eigenvalue weighted by molar-refractivity contribution is 6.31. The largest absolute Gasteiger partial charge is 0.340 e. The Hall–Kier alpha value is -3.11. The molecule has 4 aromatic rings. The Labute approximate surface area is 173 Å². The molecule has 1 heterocycles. The number of fused-ring (bicyclic) bond motifs is 2. The highest BCUT2D eigenvalue weighted by Crippen LogP contribution is 2.23. The minimum Gasteiger partial charge on any atom is -0.340 e. The predicted molar refractivity (Wildman–Crippen MR) is 120 cm³/mol. The van der Waals surface area contributed by atoms with Gasteiger partial charge >= 0.3 is 0 Å². The highest BCUT2D eigenvalue weighted by atomic mass is 35.5. The number of para-hydroxylation sites is 2. The summed E-state index contributed by atoms with van der Waals surface area (Å²) in [5.41, 5.74) is 3.42. The number of aromatic nitrogens is 1. The molecule has 3 aromatic carbocycles. The number of hydrogen-bond donors (Lipinski definition) is 1. The zero-order chi connectivity index (χ0) is 20.4. The first kappa shape index (κ1) is 19.2. The lowest BCUT2D eigenvalue weighted by Gasteiger charge is -2.15. The molecule has 1 amide bonds. The lowest BCUT2D eigenvalue weighted by molar-refractivity contribution is -0.116. The smallest absolute Gasteiger partial charge is 0.224 e. The first-order valence-electron chi connectivity index (χ1n) is 9.61. The van der Waals surface area contributed by atoms with Crippen LogP contribution in [0.4, 0.5) is 5.69 Å². The van der Waals surface area contributed by atoms with Crippen molar-refractivity contribution < 1.29 is 4.79 Å². The standard InChI is InChI=1S/C24H21ClN2O2/c1-16-19(25)10-6-11-20(16)26-23(28)14-7-15-27-21-12-4-2-8-17(21)24(29)18-9-3-5-13-22(18)27/h2-6,8-13H,7,14-15H2,1H3,(H,26,28). The third-order valence-corrected chi connectivity index (χ3v) is 5.62. The third kappa shape index (κ3) is 3.76. The van der Waals surface area contributed by atoms with Crippen LogP contribution in [-0.2, 0) is 11.3 Å². The molecule has 0 aliphatic rings. The van der Waals surface area contributed by atoms with E-state index >= 15 is 0 Å². The number of nitrogens with one attached hydrogen (secondary N) is 1. The van der Waals surface area contributed by atoms with Gasteiger partial charge in [-0.05, 0) is 55.3 Å². The van der Waals surface area contributed by atoms with Crippen molar-refractivity contribution in [3.63, 3.8) is 0 Å². The zero-order valence-corrected chi connectivity index (χ0v) is 16.9. The van der Waals surface area contributed by atoms with E-state index in [4.69, 9.17) is 11.6 Å². The maximum absolute atomic E-state index is 12.8. The van der Waals surface area contributed by atoms with Gasteiger partial charge in [0.25, 0.3) is 0 Å². The van der Waals surface area contributed by atoms with E-state index in [2.05, 4.69) is 9.88 Å². The Morgan fingerprint density at radius 3 is 2.21 bits per heavy atom. The number of benzene rings is 3. The average molecular weight is 405 g/mol. The van der Waals surface area contributed by atoms with Crippen molar-refractivity contribution in [1.29, 1.82) is 0 Å². The molecule has 0 unspecified atom stereocenters. The van der Waals surface area contributed by atoms with E-state index < -0.39 is 0 Å². The van der Waals surface area contributed by atoms with Crippen LogP contribution in [0.1, 0.15) is 18.4 Å². The van der Waals surface area contributed by atoms with Crippen molar-refractivity contribution in [3.05, 3.63) is 87.5 Å². The number of carbonyl (C=O) groups is 1. The molecule has 4 nitrogen and oxygen atoms in total. The lowest BCUT2D eigenvalue weighted by atomic mass is 10.1. The second kappa shape index (κ2) is 8.10. The summed E-state index contributed by atoms with van der Waals surface area (Å²) in [7, 11) is 0. The summed E-state index contributed by atoms with van der Waals surface area (Å²) in [6, 6.07) is 20.7. The Morgan fingerprint density at radius 1 is 0.931 bits per heavy atom. The number of pyridine rings is 1. The topological polar surface area (TPSA) is 51.1 Å². The summed E-state index contributed by atoms with van der Waals surface area (Å²) >= 11 is 6.13. The molecule has 4 rings (SSSR count). The quantitative estimate of drug-likeness (QED) is 0.444. The summed E-state index contributed by atoms with van der Waals surface area (Å²) in [5.74, 6) is -0.0509. The maximum atomic E-state index is 12.8. The first-order valence-corrected chi connectivity index (χ1v) is 9.99. The van der Waals surface area contributed by atoms with E-state index in [9.17, 15) is 9.59 Å². The van der Waals surface area contributed by atoms with Crippen molar-refractivity contribution in [3.8, 4) is 0 Å². The van der Waals surface area contributed by atoms with Crippen molar-refractivity contribution in [1.82, 2.24) is 4.57 Å². The average Bonchev–Trinajstić information content (AvgIpc) is 2.74. The van der Waals surface area contributed by atoms with Crippen LogP contribution in [0.15, 0.2) is 71.5 Å².